The summed E-state index contributed by atoms with van der Waals surface area (Å²) in [4.78, 5) is 24.3. The minimum absolute atomic E-state index is 0.0342. The highest BCUT2D eigenvalue weighted by Crippen LogP contribution is 2.31. The standard InChI is InChI=1S/C13H15FN2O4/c1-20-5-3-16(2-4-17)11-7-10-8(6-9(11)14)12(18)13(19)15-10/h6-7,17H,2-5H2,1H3,(H,15,18,19). The summed E-state index contributed by atoms with van der Waals surface area (Å²) >= 11 is 0. The van der Waals surface area contributed by atoms with Crippen molar-refractivity contribution in [1.82, 2.24) is 0 Å². The van der Waals surface area contributed by atoms with Gasteiger partial charge in [0.25, 0.3) is 11.7 Å². The summed E-state index contributed by atoms with van der Waals surface area (Å²) < 4.78 is 19.0. The molecule has 0 saturated carbocycles. The number of rotatable bonds is 6. The molecule has 0 radical (unpaired) electrons. The van der Waals surface area contributed by atoms with E-state index in [1.165, 1.54) is 13.2 Å². The second-order valence-corrected chi connectivity index (χ2v) is 4.34. The molecule has 0 aromatic heterocycles. The SMILES string of the molecule is COCCN(CCO)c1cc2c(cc1F)C(=O)C(=O)N2. The fourth-order valence-corrected chi connectivity index (χ4v) is 2.07. The van der Waals surface area contributed by atoms with Gasteiger partial charge in [0.1, 0.15) is 5.82 Å². The Morgan fingerprint density at radius 1 is 1.35 bits per heavy atom. The van der Waals surface area contributed by atoms with Crippen LogP contribution in [0, 0.1) is 5.82 Å². The molecule has 0 saturated heterocycles. The molecule has 1 aliphatic rings. The Morgan fingerprint density at radius 3 is 2.75 bits per heavy atom. The predicted octanol–water partition coefficient (Wildman–Crippen LogP) is 0.406. The molecular formula is C13H15FN2O4. The largest absolute Gasteiger partial charge is 0.395 e. The van der Waals surface area contributed by atoms with Crippen LogP contribution in [0.1, 0.15) is 10.4 Å². The summed E-state index contributed by atoms with van der Waals surface area (Å²) in [7, 11) is 1.52. The van der Waals surface area contributed by atoms with Crippen molar-refractivity contribution in [3.63, 3.8) is 0 Å². The van der Waals surface area contributed by atoms with Gasteiger partial charge in [-0.25, -0.2) is 4.39 Å². The van der Waals surface area contributed by atoms with Crippen molar-refractivity contribution in [2.24, 2.45) is 0 Å². The number of hydrogen-bond donors (Lipinski definition) is 2. The maximum Gasteiger partial charge on any atom is 0.296 e. The van der Waals surface area contributed by atoms with Crippen LogP contribution < -0.4 is 10.2 Å². The van der Waals surface area contributed by atoms with Gasteiger partial charge in [0, 0.05) is 20.2 Å². The maximum absolute atomic E-state index is 14.1. The van der Waals surface area contributed by atoms with E-state index in [2.05, 4.69) is 5.32 Å². The molecule has 6 nitrogen and oxygen atoms in total. The van der Waals surface area contributed by atoms with Crippen LogP contribution in [0.5, 0.6) is 0 Å². The second-order valence-electron chi connectivity index (χ2n) is 4.34. The molecule has 0 bridgehead atoms. The Kier molecular flexibility index (Phi) is 4.31. The van der Waals surface area contributed by atoms with Crippen molar-refractivity contribution in [2.45, 2.75) is 0 Å². The van der Waals surface area contributed by atoms with Gasteiger partial charge in [0.15, 0.2) is 0 Å². The van der Waals surface area contributed by atoms with Crippen LogP contribution >= 0.6 is 0 Å². The van der Waals surface area contributed by atoms with E-state index < -0.39 is 17.5 Å². The number of fused-ring (bicyclic) bond motifs is 1. The van der Waals surface area contributed by atoms with Gasteiger partial charge in [0.05, 0.1) is 30.2 Å². The zero-order chi connectivity index (χ0) is 14.7. The van der Waals surface area contributed by atoms with Crippen molar-refractivity contribution in [3.8, 4) is 0 Å². The number of carbonyl (C=O) groups excluding carboxylic acids is 2. The summed E-state index contributed by atoms with van der Waals surface area (Å²) in [5.41, 5.74) is 0.536. The minimum atomic E-state index is -0.762. The van der Waals surface area contributed by atoms with Crippen LogP contribution in [0.2, 0.25) is 0 Å². The molecule has 1 aromatic rings. The van der Waals surface area contributed by atoms with E-state index in [9.17, 15) is 14.0 Å². The minimum Gasteiger partial charge on any atom is -0.395 e. The first-order valence-corrected chi connectivity index (χ1v) is 6.12. The van der Waals surface area contributed by atoms with Crippen molar-refractivity contribution >= 4 is 23.1 Å². The van der Waals surface area contributed by atoms with Crippen LogP contribution in [-0.4, -0.2) is 50.2 Å². The lowest BCUT2D eigenvalue weighted by Crippen LogP contribution is -2.31. The first-order chi connectivity index (χ1) is 9.58. The summed E-state index contributed by atoms with van der Waals surface area (Å²) in [6.07, 6.45) is 0. The second kappa shape index (κ2) is 5.98. The average Bonchev–Trinajstić information content (AvgIpc) is 2.70. The van der Waals surface area contributed by atoms with Gasteiger partial charge < -0.3 is 20.1 Å². The first-order valence-electron chi connectivity index (χ1n) is 6.12. The van der Waals surface area contributed by atoms with Crippen molar-refractivity contribution in [3.05, 3.63) is 23.5 Å². The fourth-order valence-electron chi connectivity index (χ4n) is 2.07. The number of aliphatic hydroxyl groups is 1. The third-order valence-electron chi connectivity index (χ3n) is 3.06. The van der Waals surface area contributed by atoms with E-state index in [-0.39, 0.29) is 30.1 Å². The van der Waals surface area contributed by atoms with E-state index in [0.29, 0.717) is 13.2 Å². The van der Waals surface area contributed by atoms with Crippen molar-refractivity contribution in [1.29, 1.82) is 0 Å². The summed E-state index contributed by atoms with van der Waals surface area (Å²) in [6, 6.07) is 2.45. The van der Waals surface area contributed by atoms with E-state index in [4.69, 9.17) is 9.84 Å². The third-order valence-corrected chi connectivity index (χ3v) is 3.06. The zero-order valence-electron chi connectivity index (χ0n) is 11.0. The Balaban J connectivity index is 2.34. The number of hydrogen-bond acceptors (Lipinski definition) is 5. The van der Waals surface area contributed by atoms with Crippen molar-refractivity contribution < 1.29 is 23.8 Å². The number of aliphatic hydroxyl groups excluding tert-OH is 1. The monoisotopic (exact) mass is 282 g/mol. The van der Waals surface area contributed by atoms with Crippen LogP contribution in [0.25, 0.3) is 0 Å². The highest BCUT2D eigenvalue weighted by atomic mass is 19.1. The molecule has 1 heterocycles. The average molecular weight is 282 g/mol. The van der Waals surface area contributed by atoms with Gasteiger partial charge in [-0.1, -0.05) is 0 Å². The highest BCUT2D eigenvalue weighted by Gasteiger charge is 2.30. The number of amides is 1. The number of nitrogens with zero attached hydrogens (tertiary/aromatic N) is 1. The number of ketones is 1. The lowest BCUT2D eigenvalue weighted by molar-refractivity contribution is -0.112. The summed E-state index contributed by atoms with van der Waals surface area (Å²) in [5.74, 6) is -2.11. The number of ether oxygens (including phenoxy) is 1. The van der Waals surface area contributed by atoms with E-state index in [1.54, 1.807) is 4.90 Å². The van der Waals surface area contributed by atoms with Crippen LogP contribution in [0.3, 0.4) is 0 Å². The van der Waals surface area contributed by atoms with Crippen LogP contribution in [-0.2, 0) is 9.53 Å². The molecule has 0 fully saturated rings. The number of Topliss-reactive ketones (excluding diaryl/α,β-unsaturated/α-hetero) is 1. The number of benzene rings is 1. The number of carbonyl (C=O) groups is 2. The normalized spacial score (nSPS) is 13.3. The predicted molar refractivity (Wildman–Crippen MR) is 70.5 cm³/mol. The molecule has 2 rings (SSSR count). The summed E-state index contributed by atoms with van der Waals surface area (Å²) in [6.45, 7) is 0.822. The van der Waals surface area contributed by atoms with E-state index in [0.717, 1.165) is 6.07 Å². The Hall–Kier alpha value is -1.99. The van der Waals surface area contributed by atoms with Crippen LogP contribution in [0.15, 0.2) is 12.1 Å². The number of halogens is 1. The quantitative estimate of drug-likeness (QED) is 0.739. The molecule has 0 spiro atoms. The fraction of sp³-hybridized carbons (Fsp3) is 0.385. The molecule has 0 unspecified atom stereocenters. The Morgan fingerprint density at radius 2 is 2.10 bits per heavy atom. The van der Waals surface area contributed by atoms with Gasteiger partial charge in [-0.05, 0) is 12.1 Å². The van der Waals surface area contributed by atoms with E-state index in [1.807, 2.05) is 0 Å². The number of methoxy groups -OCH3 is 1. The zero-order valence-corrected chi connectivity index (χ0v) is 11.0. The van der Waals surface area contributed by atoms with Gasteiger partial charge in [-0.3, -0.25) is 9.59 Å². The smallest absolute Gasteiger partial charge is 0.296 e. The Labute approximate surface area is 115 Å². The van der Waals surface area contributed by atoms with Gasteiger partial charge in [-0.15, -0.1) is 0 Å². The Bertz CT molecular complexity index is 547. The first kappa shape index (κ1) is 14.4. The molecule has 2 N–H and O–H groups in total. The third kappa shape index (κ3) is 2.63. The van der Waals surface area contributed by atoms with E-state index >= 15 is 0 Å². The maximum atomic E-state index is 14.1. The highest BCUT2D eigenvalue weighted by molar-refractivity contribution is 6.51. The molecule has 108 valence electrons. The summed E-state index contributed by atoms with van der Waals surface area (Å²) in [5, 5.41) is 11.4. The van der Waals surface area contributed by atoms with Gasteiger partial charge >= 0.3 is 0 Å². The van der Waals surface area contributed by atoms with Crippen molar-refractivity contribution in [2.75, 3.05) is 43.6 Å². The number of nitrogens with one attached hydrogen (secondary N) is 1. The molecular weight excluding hydrogens is 267 g/mol. The molecule has 1 aliphatic heterocycles. The number of anilines is 2. The topological polar surface area (TPSA) is 78.9 Å². The lowest BCUT2D eigenvalue weighted by atomic mass is 10.1. The van der Waals surface area contributed by atoms with Gasteiger partial charge in [0.2, 0.25) is 0 Å². The van der Waals surface area contributed by atoms with Crippen LogP contribution in [0.4, 0.5) is 15.8 Å². The molecule has 1 aromatic carbocycles. The molecule has 0 atom stereocenters. The molecule has 7 heteroatoms. The lowest BCUT2D eigenvalue weighted by Gasteiger charge is -2.24. The van der Waals surface area contributed by atoms with Gasteiger partial charge in [-0.2, -0.15) is 0 Å². The molecule has 20 heavy (non-hydrogen) atoms. The molecule has 0 aliphatic carbocycles. The molecule has 1 amide bonds.